The maximum absolute atomic E-state index is 13.5. The Bertz CT molecular complexity index is 1420. The highest BCUT2D eigenvalue weighted by Gasteiger charge is 2.33. The maximum Gasteiger partial charge on any atom is 0.254 e. The molecule has 0 radical (unpaired) electrons. The van der Waals surface area contributed by atoms with Crippen LogP contribution in [0.5, 0.6) is 0 Å². The number of carbonyl (C=O) groups excluding carboxylic acids is 1. The van der Waals surface area contributed by atoms with Gasteiger partial charge in [0.25, 0.3) is 5.91 Å². The van der Waals surface area contributed by atoms with E-state index in [2.05, 4.69) is 16.7 Å². The van der Waals surface area contributed by atoms with Gasteiger partial charge in [0.15, 0.2) is 9.84 Å². The average Bonchev–Trinajstić information content (AvgIpc) is 2.88. The Morgan fingerprint density at radius 1 is 1.08 bits per heavy atom. The molecule has 1 heterocycles. The molecule has 1 amide bonds. The molecule has 0 fully saturated rings. The smallest absolute Gasteiger partial charge is 0.254 e. The highest BCUT2D eigenvalue weighted by molar-refractivity contribution is 7.90. The third-order valence-corrected chi connectivity index (χ3v) is 7.44. The molecule has 1 aliphatic heterocycles. The molecular weight excluding hydrogens is 490 g/mol. The van der Waals surface area contributed by atoms with Crippen LogP contribution in [-0.2, 0) is 16.3 Å². The van der Waals surface area contributed by atoms with Gasteiger partial charge in [-0.2, -0.15) is 5.26 Å². The molecular formula is C27H29N5O4S. The Morgan fingerprint density at radius 2 is 1.73 bits per heavy atom. The van der Waals surface area contributed by atoms with E-state index in [-0.39, 0.29) is 16.8 Å². The minimum Gasteiger partial charge on any atom is -0.357 e. The first-order valence-electron chi connectivity index (χ1n) is 11.8. The second kappa shape index (κ2) is 11.0. The predicted molar refractivity (Wildman–Crippen MR) is 142 cm³/mol. The lowest BCUT2D eigenvalue weighted by Gasteiger charge is -2.37. The maximum atomic E-state index is 13.5. The zero-order valence-electron chi connectivity index (χ0n) is 20.4. The number of nitrogens with zero attached hydrogens (tertiary/aromatic N) is 2. The van der Waals surface area contributed by atoms with Gasteiger partial charge in [0.1, 0.15) is 0 Å². The Hall–Kier alpha value is -3.91. The first kappa shape index (κ1) is 26.2. The molecule has 2 atom stereocenters. The number of rotatable bonds is 9. The van der Waals surface area contributed by atoms with Gasteiger partial charge < -0.3 is 26.4 Å². The van der Waals surface area contributed by atoms with Crippen molar-refractivity contribution >= 4 is 27.1 Å². The van der Waals surface area contributed by atoms with Crippen molar-refractivity contribution < 1.29 is 18.3 Å². The van der Waals surface area contributed by atoms with Gasteiger partial charge in [-0.3, -0.25) is 4.79 Å². The molecule has 3 aromatic rings. The molecule has 0 bridgehead atoms. The van der Waals surface area contributed by atoms with Gasteiger partial charge in [-0.25, -0.2) is 8.42 Å². The van der Waals surface area contributed by atoms with Crippen molar-refractivity contribution in [1.82, 2.24) is 4.90 Å². The van der Waals surface area contributed by atoms with Crippen molar-refractivity contribution in [2.45, 2.75) is 30.1 Å². The second-order valence-electron chi connectivity index (χ2n) is 8.95. The quantitative estimate of drug-likeness (QED) is 0.315. The summed E-state index contributed by atoms with van der Waals surface area (Å²) in [5.74, 6) is -0.119. The summed E-state index contributed by atoms with van der Waals surface area (Å²) in [5.41, 5.74) is 9.78. The van der Waals surface area contributed by atoms with E-state index in [1.165, 1.54) is 12.1 Å². The number of anilines is 2. The van der Waals surface area contributed by atoms with E-state index in [4.69, 9.17) is 11.0 Å². The van der Waals surface area contributed by atoms with Gasteiger partial charge in [-0.1, -0.05) is 18.2 Å². The summed E-state index contributed by atoms with van der Waals surface area (Å²) in [6.45, 7) is 0.964. The minimum absolute atomic E-state index is 0.119. The highest BCUT2D eigenvalue weighted by atomic mass is 32.2. The number of aliphatic hydroxyl groups is 1. The van der Waals surface area contributed by atoms with Crippen LogP contribution in [0.25, 0.3) is 0 Å². The normalized spacial score (nSPS) is 16.0. The number of sulfone groups is 1. The van der Waals surface area contributed by atoms with Crippen LogP contribution in [-0.4, -0.2) is 50.0 Å². The van der Waals surface area contributed by atoms with Crippen LogP contribution in [0.4, 0.5) is 11.4 Å². The zero-order chi connectivity index (χ0) is 26.6. The highest BCUT2D eigenvalue weighted by Crippen LogP contribution is 2.34. The molecule has 0 saturated carbocycles. The summed E-state index contributed by atoms with van der Waals surface area (Å²) in [6, 6.07) is 20.7. The van der Waals surface area contributed by atoms with Crippen LogP contribution in [0.3, 0.4) is 0 Å². The number of fused-ring (bicyclic) bond motifs is 1. The summed E-state index contributed by atoms with van der Waals surface area (Å²) >= 11 is 0. The third kappa shape index (κ3) is 6.09. The summed E-state index contributed by atoms with van der Waals surface area (Å²) in [5, 5.41) is 25.4. The first-order valence-corrected chi connectivity index (χ1v) is 13.7. The lowest BCUT2D eigenvalue weighted by atomic mass is 9.88. The number of nitriles is 1. The predicted octanol–water partition coefficient (Wildman–Crippen LogP) is 2.85. The standard InChI is InChI=1S/C27H29N5O4S/c1-37(35,36)23-11-9-21(10-12-23)30-27(34)31-22-8-7-20-15-25(19-5-3-18(17-29)4-6-19)32(14-2-13-28)26(33)24(20)16-22/h3-12,16,25,27,30-31,34H,2,13-15,28H2,1H3. The van der Waals surface area contributed by atoms with Gasteiger partial charge in [0.2, 0.25) is 6.35 Å². The first-order chi connectivity index (χ1) is 17.7. The number of nitrogens with one attached hydrogen (secondary N) is 2. The molecule has 9 nitrogen and oxygen atoms in total. The van der Waals surface area contributed by atoms with Crippen molar-refractivity contribution in [3.05, 3.63) is 89.0 Å². The van der Waals surface area contributed by atoms with E-state index in [0.29, 0.717) is 48.4 Å². The molecule has 0 aromatic heterocycles. The Balaban J connectivity index is 1.52. The Morgan fingerprint density at radius 3 is 2.35 bits per heavy atom. The van der Waals surface area contributed by atoms with Crippen LogP contribution in [0.15, 0.2) is 71.6 Å². The Kier molecular flexibility index (Phi) is 7.78. The number of amides is 1. The fourth-order valence-corrected chi connectivity index (χ4v) is 5.04. The van der Waals surface area contributed by atoms with E-state index < -0.39 is 16.2 Å². The van der Waals surface area contributed by atoms with Gasteiger partial charge in [0, 0.05) is 29.7 Å². The molecule has 3 aromatic carbocycles. The van der Waals surface area contributed by atoms with Crippen LogP contribution in [0.2, 0.25) is 0 Å². The topological polar surface area (TPSA) is 149 Å². The summed E-state index contributed by atoms with van der Waals surface area (Å²) in [7, 11) is -3.31. The number of benzene rings is 3. The summed E-state index contributed by atoms with van der Waals surface area (Å²) < 4.78 is 23.3. The van der Waals surface area contributed by atoms with Gasteiger partial charge in [0.05, 0.1) is 22.6 Å². The molecule has 10 heteroatoms. The largest absolute Gasteiger partial charge is 0.357 e. The van der Waals surface area contributed by atoms with Crippen molar-refractivity contribution in [1.29, 1.82) is 5.26 Å². The number of hydrogen-bond acceptors (Lipinski definition) is 8. The van der Waals surface area contributed by atoms with Crippen molar-refractivity contribution in [2.75, 3.05) is 30.0 Å². The summed E-state index contributed by atoms with van der Waals surface area (Å²) in [6.07, 6.45) is 1.23. The van der Waals surface area contributed by atoms with Crippen LogP contribution < -0.4 is 16.4 Å². The number of aliphatic hydroxyl groups excluding tert-OH is 1. The van der Waals surface area contributed by atoms with Crippen molar-refractivity contribution in [3.8, 4) is 6.07 Å². The number of nitrogens with two attached hydrogens (primary N) is 1. The molecule has 1 aliphatic rings. The summed E-state index contributed by atoms with van der Waals surface area (Å²) in [4.78, 5) is 15.6. The lowest BCUT2D eigenvalue weighted by Crippen LogP contribution is -2.41. The molecule has 192 valence electrons. The lowest BCUT2D eigenvalue weighted by molar-refractivity contribution is 0.0646. The van der Waals surface area contributed by atoms with Crippen LogP contribution >= 0.6 is 0 Å². The monoisotopic (exact) mass is 519 g/mol. The second-order valence-corrected chi connectivity index (χ2v) is 11.0. The SMILES string of the molecule is CS(=O)(=O)c1ccc(NC(O)Nc2ccc3c(c2)C(=O)N(CCCN)C(c2ccc(C#N)cc2)C3)cc1. The molecule has 0 aliphatic carbocycles. The fourth-order valence-electron chi connectivity index (χ4n) is 4.40. The molecule has 37 heavy (non-hydrogen) atoms. The Labute approximate surface area is 216 Å². The minimum atomic E-state index is -3.31. The number of carbonyl (C=O) groups is 1. The zero-order valence-corrected chi connectivity index (χ0v) is 21.2. The number of hydrogen-bond donors (Lipinski definition) is 4. The van der Waals surface area contributed by atoms with Gasteiger partial charge in [-0.15, -0.1) is 0 Å². The van der Waals surface area contributed by atoms with E-state index >= 15 is 0 Å². The fraction of sp³-hybridized carbons (Fsp3) is 0.259. The average molecular weight is 520 g/mol. The van der Waals surface area contributed by atoms with E-state index in [9.17, 15) is 18.3 Å². The molecule has 5 N–H and O–H groups in total. The van der Waals surface area contributed by atoms with Crippen molar-refractivity contribution in [2.24, 2.45) is 5.73 Å². The van der Waals surface area contributed by atoms with Gasteiger partial charge >= 0.3 is 0 Å². The van der Waals surface area contributed by atoms with E-state index in [1.807, 2.05) is 23.1 Å². The van der Waals surface area contributed by atoms with E-state index in [1.54, 1.807) is 36.4 Å². The van der Waals surface area contributed by atoms with Crippen LogP contribution in [0.1, 0.15) is 39.5 Å². The molecule has 2 unspecified atom stereocenters. The van der Waals surface area contributed by atoms with E-state index in [0.717, 1.165) is 17.4 Å². The van der Waals surface area contributed by atoms with Crippen molar-refractivity contribution in [3.63, 3.8) is 0 Å². The molecule has 0 saturated heterocycles. The molecule has 0 spiro atoms. The van der Waals surface area contributed by atoms with Crippen LogP contribution in [0, 0.1) is 11.3 Å². The van der Waals surface area contributed by atoms with Gasteiger partial charge in [-0.05, 0) is 79.0 Å². The molecule has 4 rings (SSSR count). The third-order valence-electron chi connectivity index (χ3n) is 6.31.